The molecule has 0 spiro atoms. The molecule has 1 aliphatic rings. The van der Waals surface area contributed by atoms with Gasteiger partial charge in [-0.2, -0.15) is 0 Å². The SMILES string of the molecule is COC(=O)CN(C)CC(=O)N1CCCC1c1cccs1. The molecule has 2 heterocycles. The lowest BCUT2D eigenvalue weighted by molar-refractivity contribution is -0.142. The number of likely N-dealkylation sites (N-methyl/N-ethyl adjacent to an activating group) is 1. The lowest BCUT2D eigenvalue weighted by Crippen LogP contribution is -2.40. The van der Waals surface area contributed by atoms with E-state index in [1.54, 1.807) is 23.3 Å². The molecule has 6 heteroatoms. The van der Waals surface area contributed by atoms with Gasteiger partial charge in [0.25, 0.3) is 0 Å². The van der Waals surface area contributed by atoms with Crippen LogP contribution in [0.3, 0.4) is 0 Å². The molecule has 0 bridgehead atoms. The summed E-state index contributed by atoms with van der Waals surface area (Å²) in [5, 5.41) is 2.04. The smallest absolute Gasteiger partial charge is 0.319 e. The maximum Gasteiger partial charge on any atom is 0.319 e. The summed E-state index contributed by atoms with van der Waals surface area (Å²) in [6, 6.07) is 4.30. The summed E-state index contributed by atoms with van der Waals surface area (Å²) in [5.41, 5.74) is 0. The number of nitrogens with zero attached hydrogens (tertiary/aromatic N) is 2. The summed E-state index contributed by atoms with van der Waals surface area (Å²) < 4.78 is 4.60. The van der Waals surface area contributed by atoms with E-state index in [-0.39, 0.29) is 31.0 Å². The molecule has 20 heavy (non-hydrogen) atoms. The molecule has 110 valence electrons. The Morgan fingerprint density at radius 3 is 2.95 bits per heavy atom. The van der Waals surface area contributed by atoms with Crippen LogP contribution in [0.2, 0.25) is 0 Å². The van der Waals surface area contributed by atoms with Gasteiger partial charge in [-0.15, -0.1) is 11.3 Å². The highest BCUT2D eigenvalue weighted by molar-refractivity contribution is 7.10. The summed E-state index contributed by atoms with van der Waals surface area (Å²) in [5.74, 6) is -0.246. The van der Waals surface area contributed by atoms with Crippen molar-refractivity contribution in [1.29, 1.82) is 0 Å². The Hall–Kier alpha value is -1.40. The van der Waals surface area contributed by atoms with Crippen LogP contribution in [0.5, 0.6) is 0 Å². The van der Waals surface area contributed by atoms with Gasteiger partial charge < -0.3 is 9.64 Å². The largest absolute Gasteiger partial charge is 0.468 e. The van der Waals surface area contributed by atoms with Crippen LogP contribution < -0.4 is 0 Å². The first-order chi connectivity index (χ1) is 9.61. The predicted octanol–water partition coefficient (Wildman–Crippen LogP) is 1.52. The molecule has 1 aromatic rings. The molecule has 1 saturated heterocycles. The van der Waals surface area contributed by atoms with Gasteiger partial charge in [0, 0.05) is 11.4 Å². The van der Waals surface area contributed by atoms with Crippen LogP contribution in [0.4, 0.5) is 0 Å². The summed E-state index contributed by atoms with van der Waals surface area (Å²) in [6.45, 7) is 1.18. The Morgan fingerprint density at radius 2 is 2.30 bits per heavy atom. The number of amides is 1. The van der Waals surface area contributed by atoms with Crippen molar-refractivity contribution in [2.75, 3.05) is 33.8 Å². The first kappa shape index (κ1) is 15.0. The minimum atomic E-state index is -0.323. The molecule has 2 rings (SSSR count). The van der Waals surface area contributed by atoms with Crippen LogP contribution in [0, 0.1) is 0 Å². The van der Waals surface area contributed by atoms with Gasteiger partial charge in [0.15, 0.2) is 0 Å². The number of hydrogen-bond donors (Lipinski definition) is 0. The predicted molar refractivity (Wildman–Crippen MR) is 77.5 cm³/mol. The maximum absolute atomic E-state index is 12.4. The zero-order valence-electron chi connectivity index (χ0n) is 11.9. The van der Waals surface area contributed by atoms with Gasteiger partial charge in [-0.05, 0) is 31.3 Å². The second-order valence-electron chi connectivity index (χ2n) is 5.01. The number of likely N-dealkylation sites (tertiary alicyclic amines) is 1. The molecular formula is C14H20N2O3S. The van der Waals surface area contributed by atoms with Gasteiger partial charge in [-0.3, -0.25) is 14.5 Å². The maximum atomic E-state index is 12.4. The Balaban J connectivity index is 1.93. The van der Waals surface area contributed by atoms with E-state index in [0.29, 0.717) is 0 Å². The van der Waals surface area contributed by atoms with E-state index >= 15 is 0 Å². The molecule has 1 unspecified atom stereocenters. The summed E-state index contributed by atoms with van der Waals surface area (Å²) in [4.78, 5) is 28.4. The molecule has 1 atom stereocenters. The molecule has 0 radical (unpaired) electrons. The average Bonchev–Trinajstić information content (AvgIpc) is 3.08. The minimum absolute atomic E-state index is 0.0762. The van der Waals surface area contributed by atoms with Gasteiger partial charge in [-0.25, -0.2) is 0 Å². The number of methoxy groups -OCH3 is 1. The fraction of sp³-hybridized carbons (Fsp3) is 0.571. The van der Waals surface area contributed by atoms with E-state index in [0.717, 1.165) is 19.4 Å². The van der Waals surface area contributed by atoms with Crippen LogP contribution in [-0.4, -0.2) is 55.5 Å². The van der Waals surface area contributed by atoms with E-state index in [1.165, 1.54) is 12.0 Å². The van der Waals surface area contributed by atoms with Crippen LogP contribution in [0.15, 0.2) is 17.5 Å². The van der Waals surface area contributed by atoms with E-state index < -0.39 is 0 Å². The molecule has 1 aromatic heterocycles. The molecular weight excluding hydrogens is 276 g/mol. The molecule has 1 fully saturated rings. The highest BCUT2D eigenvalue weighted by atomic mass is 32.1. The number of thiophene rings is 1. The standard InChI is InChI=1S/C14H20N2O3S/c1-15(10-14(18)19-2)9-13(17)16-7-3-5-11(16)12-6-4-8-20-12/h4,6,8,11H,3,5,7,9-10H2,1-2H3. The lowest BCUT2D eigenvalue weighted by Gasteiger charge is -2.26. The highest BCUT2D eigenvalue weighted by Crippen LogP contribution is 2.34. The van der Waals surface area contributed by atoms with Crippen LogP contribution in [0.1, 0.15) is 23.8 Å². The van der Waals surface area contributed by atoms with Crippen molar-refractivity contribution in [3.63, 3.8) is 0 Å². The van der Waals surface area contributed by atoms with E-state index in [1.807, 2.05) is 16.3 Å². The van der Waals surface area contributed by atoms with Crippen molar-refractivity contribution < 1.29 is 14.3 Å². The fourth-order valence-electron chi connectivity index (χ4n) is 2.50. The minimum Gasteiger partial charge on any atom is -0.468 e. The van der Waals surface area contributed by atoms with Crippen molar-refractivity contribution in [2.24, 2.45) is 0 Å². The Morgan fingerprint density at radius 1 is 1.50 bits per heavy atom. The van der Waals surface area contributed by atoms with E-state index in [2.05, 4.69) is 10.8 Å². The first-order valence-electron chi connectivity index (χ1n) is 6.70. The van der Waals surface area contributed by atoms with E-state index in [4.69, 9.17) is 0 Å². The van der Waals surface area contributed by atoms with Gasteiger partial charge in [0.1, 0.15) is 0 Å². The van der Waals surface area contributed by atoms with Gasteiger partial charge in [-0.1, -0.05) is 6.07 Å². The fourth-order valence-corrected chi connectivity index (χ4v) is 3.38. The third-order valence-corrected chi connectivity index (χ3v) is 4.45. The Kier molecular flexibility index (Phi) is 5.14. The zero-order valence-corrected chi connectivity index (χ0v) is 12.7. The molecule has 0 aliphatic carbocycles. The second kappa shape index (κ2) is 6.85. The Labute approximate surface area is 123 Å². The third-order valence-electron chi connectivity index (χ3n) is 3.48. The van der Waals surface area contributed by atoms with Crippen LogP contribution >= 0.6 is 11.3 Å². The highest BCUT2D eigenvalue weighted by Gasteiger charge is 2.30. The summed E-state index contributed by atoms with van der Waals surface area (Å²) in [6.07, 6.45) is 2.06. The number of hydrogen-bond acceptors (Lipinski definition) is 5. The van der Waals surface area contributed by atoms with Crippen LogP contribution in [0.25, 0.3) is 0 Å². The normalized spacial score (nSPS) is 18.6. The topological polar surface area (TPSA) is 49.9 Å². The number of carbonyl (C=O) groups excluding carboxylic acids is 2. The molecule has 0 saturated carbocycles. The third kappa shape index (κ3) is 3.58. The number of rotatable bonds is 5. The number of esters is 1. The van der Waals surface area contributed by atoms with Crippen LogP contribution in [-0.2, 0) is 14.3 Å². The molecule has 1 aliphatic heterocycles. The van der Waals surface area contributed by atoms with Gasteiger partial charge in [0.05, 0.1) is 26.2 Å². The monoisotopic (exact) mass is 296 g/mol. The zero-order chi connectivity index (χ0) is 14.5. The van der Waals surface area contributed by atoms with Crippen molar-refractivity contribution in [3.05, 3.63) is 22.4 Å². The van der Waals surface area contributed by atoms with Gasteiger partial charge >= 0.3 is 5.97 Å². The molecule has 0 N–H and O–H groups in total. The molecule has 1 amide bonds. The summed E-state index contributed by atoms with van der Waals surface area (Å²) >= 11 is 1.69. The molecule has 5 nitrogen and oxygen atoms in total. The van der Waals surface area contributed by atoms with E-state index in [9.17, 15) is 9.59 Å². The van der Waals surface area contributed by atoms with Gasteiger partial charge in [0.2, 0.25) is 5.91 Å². The number of carbonyl (C=O) groups is 2. The Bertz CT molecular complexity index is 461. The average molecular weight is 296 g/mol. The first-order valence-corrected chi connectivity index (χ1v) is 7.58. The van der Waals surface area contributed by atoms with Crippen molar-refractivity contribution >= 4 is 23.2 Å². The molecule has 0 aromatic carbocycles. The van der Waals surface area contributed by atoms with Crippen molar-refractivity contribution in [3.8, 4) is 0 Å². The quantitative estimate of drug-likeness (QED) is 0.773. The lowest BCUT2D eigenvalue weighted by atomic mass is 10.2. The summed E-state index contributed by atoms with van der Waals surface area (Å²) in [7, 11) is 3.11. The second-order valence-corrected chi connectivity index (χ2v) is 5.99. The van der Waals surface area contributed by atoms with Crippen molar-refractivity contribution in [2.45, 2.75) is 18.9 Å². The number of ether oxygens (including phenoxy) is 1. The van der Waals surface area contributed by atoms with Crippen molar-refractivity contribution in [1.82, 2.24) is 9.80 Å².